The Morgan fingerprint density at radius 3 is 1.13 bits per heavy atom. The van der Waals surface area contributed by atoms with E-state index in [1.54, 1.807) is 0 Å². The third-order valence-corrected chi connectivity index (χ3v) is 22.9. The van der Waals surface area contributed by atoms with Gasteiger partial charge in [-0.05, 0) is 230 Å². The molecule has 0 radical (unpaired) electrons. The van der Waals surface area contributed by atoms with Crippen molar-refractivity contribution in [3.63, 3.8) is 0 Å². The standard InChI is InChI=1S/C54H31N3.C49H28N4/c55-32-36-23-27-50-52-38(36)24-25-45-44(26-28-51(53(45)52)57(50)37-12-2-1-3-13-37)47-31-49-41-15-5-4-14-40(41)46(30-48(49)43-17-7-6-16-42(43)47)34-21-19-33(20-22-34)39-18-8-10-35-11-9-29-56-54(35)39;50-29-31-17-21-46-48-33(31)18-19-39-38(20-22-47(49(39)48)53(46)32-9-2-1-3-10-32)40-27-41-36-13-6-7-14-37(36)43(28-42(41)35-12-5-4-11-34(35)40)45-16-8-15-44(52-45)30-23-25-51-26-24-30/h1-31H;1-28H. The van der Waals surface area contributed by atoms with E-state index < -0.39 is 0 Å². The Hall–Kier alpha value is -15.2. The van der Waals surface area contributed by atoms with Crippen LogP contribution in [-0.2, 0) is 0 Å². The predicted octanol–water partition coefficient (Wildman–Crippen LogP) is 26.8. The quantitative estimate of drug-likeness (QED) is 0.141. The number of aromatic nitrogens is 5. The molecule has 0 aliphatic heterocycles. The van der Waals surface area contributed by atoms with Gasteiger partial charge in [-0.3, -0.25) is 9.97 Å². The number of benzene rings is 18. The van der Waals surface area contributed by atoms with Crippen LogP contribution in [0.1, 0.15) is 11.1 Å². The molecule has 0 amide bonds. The lowest BCUT2D eigenvalue weighted by atomic mass is 9.86. The molecule has 5 heterocycles. The summed E-state index contributed by atoms with van der Waals surface area (Å²) >= 11 is 0. The third-order valence-electron chi connectivity index (χ3n) is 22.9. The second-order valence-electron chi connectivity index (χ2n) is 28.6. The van der Waals surface area contributed by atoms with Crippen LogP contribution in [0.15, 0.2) is 358 Å². The van der Waals surface area contributed by atoms with Gasteiger partial charge in [0, 0.05) is 84.4 Å². The van der Waals surface area contributed by atoms with Crippen LogP contribution in [-0.4, -0.2) is 24.1 Å². The van der Waals surface area contributed by atoms with Crippen LogP contribution in [0, 0.1) is 22.7 Å². The molecule has 0 aliphatic carbocycles. The average Bonchev–Trinajstić information content (AvgIpc) is 1.46. The Morgan fingerprint density at radius 2 is 0.627 bits per heavy atom. The molecule has 0 bridgehead atoms. The average molecular weight is 1390 g/mol. The monoisotopic (exact) mass is 1390 g/mol. The summed E-state index contributed by atoms with van der Waals surface area (Å²) in [6, 6.07) is 126. The molecule has 0 unspecified atom stereocenters. The molecule has 0 N–H and O–H groups in total. The minimum atomic E-state index is 0.691. The van der Waals surface area contributed by atoms with Crippen LogP contribution in [0.5, 0.6) is 0 Å². The second-order valence-corrected chi connectivity index (χ2v) is 28.6. The highest BCUT2D eigenvalue weighted by Crippen LogP contribution is 2.51. The van der Waals surface area contributed by atoms with E-state index in [1.807, 2.05) is 55.0 Å². The van der Waals surface area contributed by atoms with E-state index >= 15 is 0 Å². The van der Waals surface area contributed by atoms with Gasteiger partial charge < -0.3 is 9.13 Å². The summed E-state index contributed by atoms with van der Waals surface area (Å²) in [4.78, 5) is 14.1. The normalized spacial score (nSPS) is 11.8. The van der Waals surface area contributed by atoms with E-state index in [0.29, 0.717) is 11.1 Å². The van der Waals surface area contributed by atoms with Gasteiger partial charge in [-0.1, -0.05) is 224 Å². The van der Waals surface area contributed by atoms with Crippen LogP contribution < -0.4 is 0 Å². The molecular formula is C103H59N7. The summed E-state index contributed by atoms with van der Waals surface area (Å²) in [6.45, 7) is 0. The van der Waals surface area contributed by atoms with Crippen molar-refractivity contribution >= 4 is 141 Å². The number of nitrogens with zero attached hydrogens (tertiary/aromatic N) is 7. The molecular weight excluding hydrogens is 1340 g/mol. The summed E-state index contributed by atoms with van der Waals surface area (Å²) in [6.07, 6.45) is 5.49. The maximum atomic E-state index is 10.2. The van der Waals surface area contributed by atoms with Crippen molar-refractivity contribution in [2.75, 3.05) is 0 Å². The first-order valence-corrected chi connectivity index (χ1v) is 37.1. The number of para-hydroxylation sites is 3. The SMILES string of the molecule is N#Cc1ccc2c3c1ccc1c(-c4cc5c6ccccc6c(-c6ccc(-c7cccc8cccnc78)cc6)cc5c5ccccc45)ccc(c13)n2-c1ccccc1.N#Cc1ccc2c3c1ccc1c(-c4cc5c6ccccc6c(-c6cccc(-c7ccncc7)n6)cc5c5ccccc45)ccc(c13)n2-c1ccccc1. The van der Waals surface area contributed by atoms with Crippen LogP contribution in [0.25, 0.3) is 219 Å². The van der Waals surface area contributed by atoms with Crippen LogP contribution in [0.2, 0.25) is 0 Å². The number of pyridine rings is 3. The topological polar surface area (TPSA) is 96.1 Å². The van der Waals surface area contributed by atoms with Gasteiger partial charge in [-0.2, -0.15) is 10.5 Å². The number of rotatable bonds is 8. The Balaban J connectivity index is 0.000000136. The molecule has 0 spiro atoms. The molecule has 0 atom stereocenters. The number of hydrogen-bond donors (Lipinski definition) is 0. The van der Waals surface area contributed by atoms with Crippen molar-refractivity contribution in [2.45, 2.75) is 0 Å². The van der Waals surface area contributed by atoms with Crippen LogP contribution >= 0.6 is 0 Å². The van der Waals surface area contributed by atoms with Crippen LogP contribution in [0.3, 0.4) is 0 Å². The maximum Gasteiger partial charge on any atom is 0.0998 e. The zero-order valence-corrected chi connectivity index (χ0v) is 59.2. The minimum absolute atomic E-state index is 0.691. The molecule has 0 saturated heterocycles. The molecule has 0 aliphatic rings. The zero-order valence-electron chi connectivity index (χ0n) is 59.2. The summed E-state index contributed by atoms with van der Waals surface area (Å²) in [5, 5.41) is 44.9. The summed E-state index contributed by atoms with van der Waals surface area (Å²) < 4.78 is 4.68. The smallest absolute Gasteiger partial charge is 0.0998 e. The van der Waals surface area contributed by atoms with Gasteiger partial charge in [0.25, 0.3) is 0 Å². The van der Waals surface area contributed by atoms with E-state index in [2.05, 4.69) is 330 Å². The number of nitriles is 2. The molecule has 23 aromatic rings. The third kappa shape index (κ3) is 9.45. The van der Waals surface area contributed by atoms with Crippen molar-refractivity contribution in [2.24, 2.45) is 0 Å². The summed E-state index contributed by atoms with van der Waals surface area (Å²) in [5.74, 6) is 0. The number of fused-ring (bicyclic) bond motifs is 11. The molecule has 110 heavy (non-hydrogen) atoms. The van der Waals surface area contributed by atoms with E-state index in [0.717, 1.165) is 105 Å². The fraction of sp³-hybridized carbons (Fsp3) is 0. The van der Waals surface area contributed by atoms with Crippen LogP contribution in [0.4, 0.5) is 0 Å². The highest BCUT2D eigenvalue weighted by atomic mass is 15.0. The van der Waals surface area contributed by atoms with Crippen molar-refractivity contribution in [1.82, 2.24) is 24.1 Å². The zero-order chi connectivity index (χ0) is 72.7. The highest BCUT2D eigenvalue weighted by Gasteiger charge is 2.26. The Labute approximate surface area is 631 Å². The first kappa shape index (κ1) is 62.2. The van der Waals surface area contributed by atoms with Crippen molar-refractivity contribution in [3.05, 3.63) is 369 Å². The van der Waals surface area contributed by atoms with E-state index in [1.165, 1.54) is 114 Å². The first-order valence-electron chi connectivity index (χ1n) is 37.1. The minimum Gasteiger partial charge on any atom is -0.309 e. The lowest BCUT2D eigenvalue weighted by molar-refractivity contribution is 1.18. The van der Waals surface area contributed by atoms with Crippen molar-refractivity contribution in [3.8, 4) is 90.5 Å². The summed E-state index contributed by atoms with van der Waals surface area (Å²) in [7, 11) is 0. The molecule has 0 fully saturated rings. The predicted molar refractivity (Wildman–Crippen MR) is 457 cm³/mol. The molecule has 5 aromatic heterocycles. The lowest BCUT2D eigenvalue weighted by Gasteiger charge is -2.17. The Kier molecular flexibility index (Phi) is 14.0. The number of hydrogen-bond acceptors (Lipinski definition) is 5. The fourth-order valence-electron chi connectivity index (χ4n) is 18.1. The van der Waals surface area contributed by atoms with E-state index in [-0.39, 0.29) is 0 Å². The maximum absolute atomic E-state index is 10.2. The van der Waals surface area contributed by atoms with Gasteiger partial charge in [0.2, 0.25) is 0 Å². The van der Waals surface area contributed by atoms with Gasteiger partial charge in [0.05, 0.1) is 62.2 Å². The molecule has 7 heteroatoms. The fourth-order valence-corrected chi connectivity index (χ4v) is 18.1. The Bertz CT molecular complexity index is 7830. The summed E-state index contributed by atoms with van der Waals surface area (Å²) in [5.41, 5.74) is 22.5. The lowest BCUT2D eigenvalue weighted by Crippen LogP contribution is -1.93. The van der Waals surface area contributed by atoms with Gasteiger partial charge in [-0.15, -0.1) is 0 Å². The highest BCUT2D eigenvalue weighted by molar-refractivity contribution is 6.32. The largest absolute Gasteiger partial charge is 0.309 e. The van der Waals surface area contributed by atoms with Gasteiger partial charge in [-0.25, -0.2) is 4.98 Å². The first-order chi connectivity index (χ1) is 54.5. The molecule has 0 saturated carbocycles. The van der Waals surface area contributed by atoms with E-state index in [4.69, 9.17) is 9.97 Å². The Morgan fingerprint density at radius 1 is 0.236 bits per heavy atom. The van der Waals surface area contributed by atoms with Gasteiger partial charge in [0.1, 0.15) is 0 Å². The molecule has 7 nitrogen and oxygen atoms in total. The van der Waals surface area contributed by atoms with Crippen molar-refractivity contribution in [1.29, 1.82) is 10.5 Å². The van der Waals surface area contributed by atoms with E-state index in [9.17, 15) is 10.5 Å². The second kappa shape index (κ2) is 24.7. The molecule has 23 rings (SSSR count). The van der Waals surface area contributed by atoms with Crippen molar-refractivity contribution < 1.29 is 0 Å². The van der Waals surface area contributed by atoms with Gasteiger partial charge in [0.15, 0.2) is 0 Å². The molecule has 18 aromatic carbocycles. The van der Waals surface area contributed by atoms with Gasteiger partial charge >= 0.3 is 0 Å². The molecule has 506 valence electrons.